The number of nitrogens with one attached hydrogen (secondary N) is 1. The van der Waals surface area contributed by atoms with Crippen LogP contribution in [0.2, 0.25) is 0 Å². The summed E-state index contributed by atoms with van der Waals surface area (Å²) in [5, 5.41) is 7.09. The fourth-order valence-electron chi connectivity index (χ4n) is 2.77. The van der Waals surface area contributed by atoms with E-state index in [-0.39, 0.29) is 24.1 Å². The molecular formula is C17H24N6O3. The van der Waals surface area contributed by atoms with Gasteiger partial charge in [0.05, 0.1) is 6.04 Å². The molecule has 0 aliphatic carbocycles. The molecule has 9 heteroatoms. The summed E-state index contributed by atoms with van der Waals surface area (Å²) in [7, 11) is 0. The fourth-order valence-corrected chi connectivity index (χ4v) is 2.77. The van der Waals surface area contributed by atoms with Crippen molar-refractivity contribution in [1.82, 2.24) is 20.1 Å². The Labute approximate surface area is 152 Å². The lowest BCUT2D eigenvalue weighted by atomic mass is 10.0. The van der Waals surface area contributed by atoms with E-state index < -0.39 is 0 Å². The minimum Gasteiger partial charge on any atom is -0.447 e. The summed E-state index contributed by atoms with van der Waals surface area (Å²) in [6, 6.07) is 1.40. The SMILES string of the molecule is CCCc1noc([C@H](C)Nc2nccc(N3C(=O)OCC3C(C)C)n2)n1. The smallest absolute Gasteiger partial charge is 0.415 e. The zero-order chi connectivity index (χ0) is 18.7. The Morgan fingerprint density at radius 1 is 1.35 bits per heavy atom. The number of hydrogen-bond acceptors (Lipinski definition) is 8. The van der Waals surface area contributed by atoms with E-state index in [1.807, 2.05) is 20.8 Å². The van der Waals surface area contributed by atoms with E-state index in [9.17, 15) is 4.79 Å². The standard InChI is InChI=1S/C17H24N6O3/c1-5-6-13-20-15(26-22-13)11(4)19-16-18-8-7-14(21-16)23-12(10(2)3)9-25-17(23)24/h7-8,10-12H,5-6,9H2,1-4H3,(H,18,19,21)/t11-,12?/m0/s1. The van der Waals surface area contributed by atoms with E-state index in [0.717, 1.165) is 12.8 Å². The quantitative estimate of drug-likeness (QED) is 0.803. The first-order chi connectivity index (χ1) is 12.5. The molecule has 26 heavy (non-hydrogen) atoms. The van der Waals surface area contributed by atoms with Gasteiger partial charge in [0.15, 0.2) is 5.82 Å². The molecule has 1 aliphatic rings. The number of ether oxygens (including phenoxy) is 1. The summed E-state index contributed by atoms with van der Waals surface area (Å²) in [5.41, 5.74) is 0. The maximum atomic E-state index is 12.1. The highest BCUT2D eigenvalue weighted by Gasteiger charge is 2.37. The van der Waals surface area contributed by atoms with E-state index in [1.165, 1.54) is 0 Å². The van der Waals surface area contributed by atoms with Gasteiger partial charge in [-0.05, 0) is 25.3 Å². The molecule has 3 rings (SSSR count). The maximum absolute atomic E-state index is 12.1. The molecule has 9 nitrogen and oxygen atoms in total. The fraction of sp³-hybridized carbons (Fsp3) is 0.588. The molecule has 1 amide bonds. The summed E-state index contributed by atoms with van der Waals surface area (Å²) in [6.07, 6.45) is 2.95. The van der Waals surface area contributed by atoms with Gasteiger partial charge in [-0.3, -0.25) is 4.90 Å². The molecule has 2 aromatic rings. The van der Waals surface area contributed by atoms with Gasteiger partial charge in [-0.1, -0.05) is 25.9 Å². The van der Waals surface area contributed by atoms with Gasteiger partial charge in [0, 0.05) is 12.6 Å². The van der Waals surface area contributed by atoms with Crippen molar-refractivity contribution in [1.29, 1.82) is 0 Å². The van der Waals surface area contributed by atoms with Crippen LogP contribution in [0.5, 0.6) is 0 Å². The number of aromatic nitrogens is 4. The second kappa shape index (κ2) is 7.67. The van der Waals surface area contributed by atoms with Crippen molar-refractivity contribution < 1.29 is 14.1 Å². The summed E-state index contributed by atoms with van der Waals surface area (Å²) < 4.78 is 10.5. The first-order valence-corrected chi connectivity index (χ1v) is 8.87. The molecule has 0 radical (unpaired) electrons. The maximum Gasteiger partial charge on any atom is 0.415 e. The normalized spacial score (nSPS) is 18.3. The van der Waals surface area contributed by atoms with Gasteiger partial charge in [0.25, 0.3) is 0 Å². The van der Waals surface area contributed by atoms with Gasteiger partial charge in [-0.2, -0.15) is 9.97 Å². The molecule has 0 aromatic carbocycles. The van der Waals surface area contributed by atoms with Crippen molar-refractivity contribution >= 4 is 17.9 Å². The number of carbonyl (C=O) groups is 1. The third-order valence-electron chi connectivity index (χ3n) is 4.24. The average Bonchev–Trinajstić information content (AvgIpc) is 3.22. The number of aryl methyl sites for hydroxylation is 1. The molecule has 0 spiro atoms. The van der Waals surface area contributed by atoms with Crippen LogP contribution in [0.25, 0.3) is 0 Å². The monoisotopic (exact) mass is 360 g/mol. The van der Waals surface area contributed by atoms with E-state index in [4.69, 9.17) is 9.26 Å². The van der Waals surface area contributed by atoms with Gasteiger partial charge in [-0.15, -0.1) is 0 Å². The van der Waals surface area contributed by atoms with Crippen LogP contribution in [0.3, 0.4) is 0 Å². The van der Waals surface area contributed by atoms with Crippen LogP contribution in [0.4, 0.5) is 16.6 Å². The lowest BCUT2D eigenvalue weighted by molar-refractivity contribution is 0.177. The number of cyclic esters (lactones) is 1. The number of hydrogen-bond donors (Lipinski definition) is 1. The Balaban J connectivity index is 1.75. The van der Waals surface area contributed by atoms with Crippen molar-refractivity contribution in [2.75, 3.05) is 16.8 Å². The Bertz CT molecular complexity index is 762. The predicted octanol–water partition coefficient (Wildman–Crippen LogP) is 2.97. The van der Waals surface area contributed by atoms with Crippen molar-refractivity contribution in [3.63, 3.8) is 0 Å². The topological polar surface area (TPSA) is 106 Å². The molecule has 2 aromatic heterocycles. The lowest BCUT2D eigenvalue weighted by Gasteiger charge is -2.23. The zero-order valence-corrected chi connectivity index (χ0v) is 15.5. The van der Waals surface area contributed by atoms with Gasteiger partial charge in [0.2, 0.25) is 11.8 Å². The molecule has 1 saturated heterocycles. The number of carbonyl (C=O) groups excluding carboxylic acids is 1. The Morgan fingerprint density at radius 3 is 2.88 bits per heavy atom. The molecule has 1 fully saturated rings. The van der Waals surface area contributed by atoms with Gasteiger partial charge < -0.3 is 14.6 Å². The van der Waals surface area contributed by atoms with Crippen LogP contribution in [0.15, 0.2) is 16.8 Å². The largest absolute Gasteiger partial charge is 0.447 e. The molecule has 3 heterocycles. The highest BCUT2D eigenvalue weighted by molar-refractivity contribution is 5.89. The van der Waals surface area contributed by atoms with Crippen molar-refractivity contribution in [3.8, 4) is 0 Å². The summed E-state index contributed by atoms with van der Waals surface area (Å²) in [6.45, 7) is 8.41. The number of anilines is 2. The highest BCUT2D eigenvalue weighted by atomic mass is 16.6. The first kappa shape index (κ1) is 18.1. The molecule has 1 unspecified atom stereocenters. The lowest BCUT2D eigenvalue weighted by Crippen LogP contribution is -2.37. The van der Waals surface area contributed by atoms with Crippen molar-refractivity contribution in [2.24, 2.45) is 5.92 Å². The Hall–Kier alpha value is -2.71. The third-order valence-corrected chi connectivity index (χ3v) is 4.24. The average molecular weight is 360 g/mol. The minimum absolute atomic E-state index is 0.0461. The van der Waals surface area contributed by atoms with Crippen LogP contribution in [0.1, 0.15) is 51.9 Å². The number of nitrogens with zero attached hydrogens (tertiary/aromatic N) is 5. The molecule has 2 atom stereocenters. The summed E-state index contributed by atoms with van der Waals surface area (Å²) in [5.74, 6) is 2.30. The van der Waals surface area contributed by atoms with Crippen molar-refractivity contribution in [3.05, 3.63) is 24.0 Å². The van der Waals surface area contributed by atoms with Crippen LogP contribution < -0.4 is 10.2 Å². The minimum atomic E-state index is -0.387. The second-order valence-electron chi connectivity index (χ2n) is 6.66. The van der Waals surface area contributed by atoms with Gasteiger partial charge >= 0.3 is 6.09 Å². The number of amides is 1. The highest BCUT2D eigenvalue weighted by Crippen LogP contribution is 2.26. The van der Waals surface area contributed by atoms with Gasteiger partial charge in [0.1, 0.15) is 18.5 Å². The van der Waals surface area contributed by atoms with E-state index >= 15 is 0 Å². The van der Waals surface area contributed by atoms with Crippen LogP contribution in [-0.4, -0.2) is 38.9 Å². The summed E-state index contributed by atoms with van der Waals surface area (Å²) in [4.78, 5) is 26.7. The van der Waals surface area contributed by atoms with E-state index in [0.29, 0.717) is 30.1 Å². The van der Waals surface area contributed by atoms with Crippen molar-refractivity contribution in [2.45, 2.75) is 52.6 Å². The Kier molecular flexibility index (Phi) is 5.34. The molecule has 0 bridgehead atoms. The van der Waals surface area contributed by atoms with E-state index in [2.05, 4.69) is 32.3 Å². The second-order valence-corrected chi connectivity index (χ2v) is 6.66. The zero-order valence-electron chi connectivity index (χ0n) is 15.5. The molecular weight excluding hydrogens is 336 g/mol. The molecule has 0 saturated carbocycles. The van der Waals surface area contributed by atoms with Crippen LogP contribution >= 0.6 is 0 Å². The molecule has 140 valence electrons. The molecule has 1 aliphatic heterocycles. The third kappa shape index (κ3) is 3.76. The van der Waals surface area contributed by atoms with Crippen LogP contribution in [-0.2, 0) is 11.2 Å². The van der Waals surface area contributed by atoms with Gasteiger partial charge in [-0.25, -0.2) is 9.78 Å². The Morgan fingerprint density at radius 2 is 2.15 bits per heavy atom. The first-order valence-electron chi connectivity index (χ1n) is 8.87. The molecule has 1 N–H and O–H groups in total. The number of rotatable bonds is 7. The predicted molar refractivity (Wildman–Crippen MR) is 94.8 cm³/mol. The van der Waals surface area contributed by atoms with E-state index in [1.54, 1.807) is 17.2 Å². The summed E-state index contributed by atoms with van der Waals surface area (Å²) >= 11 is 0. The van der Waals surface area contributed by atoms with Crippen LogP contribution in [0, 0.1) is 5.92 Å².